The molecule has 0 spiro atoms. The van der Waals surface area contributed by atoms with E-state index in [1.807, 2.05) is 13.0 Å². The fourth-order valence-electron chi connectivity index (χ4n) is 2.25. The van der Waals surface area contributed by atoms with Crippen molar-refractivity contribution >= 4 is 17.5 Å². The summed E-state index contributed by atoms with van der Waals surface area (Å²) in [4.78, 5) is 24.1. The third-order valence-corrected chi connectivity index (χ3v) is 3.34. The Kier molecular flexibility index (Phi) is 5.12. The van der Waals surface area contributed by atoms with Crippen LogP contribution in [0.1, 0.15) is 36.5 Å². The van der Waals surface area contributed by atoms with Gasteiger partial charge in [0, 0.05) is 6.54 Å². The average Bonchev–Trinajstić information content (AvgIpc) is 2.99. The normalized spacial score (nSPS) is 17.8. The van der Waals surface area contributed by atoms with Gasteiger partial charge in [-0.2, -0.15) is 0 Å². The molecular formula is C15H21N3O2. The van der Waals surface area contributed by atoms with Crippen molar-refractivity contribution in [1.82, 2.24) is 10.6 Å². The lowest BCUT2D eigenvalue weighted by molar-refractivity contribution is -0.117. The molecular weight excluding hydrogens is 254 g/mol. The quantitative estimate of drug-likeness (QED) is 0.763. The van der Waals surface area contributed by atoms with Crippen LogP contribution in [0.5, 0.6) is 0 Å². The molecule has 0 aliphatic carbocycles. The molecule has 3 N–H and O–H groups in total. The van der Waals surface area contributed by atoms with Gasteiger partial charge in [0.15, 0.2) is 0 Å². The van der Waals surface area contributed by atoms with Gasteiger partial charge in [0.1, 0.15) is 0 Å². The first-order chi connectivity index (χ1) is 9.72. The minimum atomic E-state index is -0.151. The molecule has 0 radical (unpaired) electrons. The van der Waals surface area contributed by atoms with Crippen molar-refractivity contribution in [3.8, 4) is 0 Å². The lowest BCUT2D eigenvalue weighted by Gasteiger charge is -2.14. The smallest absolute Gasteiger partial charge is 0.253 e. The highest BCUT2D eigenvalue weighted by atomic mass is 16.2. The Morgan fingerprint density at radius 3 is 2.85 bits per heavy atom. The molecule has 108 valence electrons. The Morgan fingerprint density at radius 1 is 1.35 bits per heavy atom. The molecule has 1 fully saturated rings. The van der Waals surface area contributed by atoms with Gasteiger partial charge in [-0.15, -0.1) is 0 Å². The summed E-state index contributed by atoms with van der Waals surface area (Å²) in [5.41, 5.74) is 1.08. The molecule has 2 amide bonds. The first-order valence-electron chi connectivity index (χ1n) is 7.14. The van der Waals surface area contributed by atoms with Crippen LogP contribution >= 0.6 is 0 Å². The number of benzene rings is 1. The summed E-state index contributed by atoms with van der Waals surface area (Å²) >= 11 is 0. The molecule has 1 heterocycles. The maximum absolute atomic E-state index is 12.1. The van der Waals surface area contributed by atoms with Crippen LogP contribution in [0.25, 0.3) is 0 Å². The third-order valence-electron chi connectivity index (χ3n) is 3.34. The van der Waals surface area contributed by atoms with Gasteiger partial charge in [-0.3, -0.25) is 9.59 Å². The highest BCUT2D eigenvalue weighted by Crippen LogP contribution is 2.16. The first kappa shape index (κ1) is 14.5. The molecule has 0 saturated carbocycles. The van der Waals surface area contributed by atoms with E-state index in [9.17, 15) is 9.59 Å². The Bertz CT molecular complexity index is 482. The van der Waals surface area contributed by atoms with Crippen molar-refractivity contribution in [2.75, 3.05) is 18.4 Å². The lowest BCUT2D eigenvalue weighted by atomic mass is 10.1. The fourth-order valence-corrected chi connectivity index (χ4v) is 2.25. The van der Waals surface area contributed by atoms with Gasteiger partial charge in [0.05, 0.1) is 17.3 Å². The molecule has 1 aliphatic heterocycles. The summed E-state index contributed by atoms with van der Waals surface area (Å²) in [5, 5.41) is 8.82. The second kappa shape index (κ2) is 7.05. The van der Waals surface area contributed by atoms with Gasteiger partial charge < -0.3 is 16.0 Å². The number of para-hydroxylation sites is 1. The van der Waals surface area contributed by atoms with E-state index in [1.165, 1.54) is 0 Å². The van der Waals surface area contributed by atoms with Gasteiger partial charge in [-0.05, 0) is 37.9 Å². The number of hydrogen-bond acceptors (Lipinski definition) is 3. The zero-order valence-corrected chi connectivity index (χ0v) is 11.7. The predicted octanol–water partition coefficient (Wildman–Crippen LogP) is 1.52. The molecule has 1 atom stereocenters. The molecule has 0 bridgehead atoms. The van der Waals surface area contributed by atoms with Gasteiger partial charge in [0.2, 0.25) is 5.91 Å². The number of rotatable bonds is 5. The molecule has 5 heteroatoms. The third kappa shape index (κ3) is 3.57. The molecule has 1 saturated heterocycles. The zero-order chi connectivity index (χ0) is 14.4. The van der Waals surface area contributed by atoms with Gasteiger partial charge >= 0.3 is 0 Å². The van der Waals surface area contributed by atoms with Crippen LogP contribution in [-0.4, -0.2) is 30.9 Å². The van der Waals surface area contributed by atoms with E-state index >= 15 is 0 Å². The number of hydrogen-bond donors (Lipinski definition) is 3. The van der Waals surface area contributed by atoms with E-state index in [0.29, 0.717) is 17.8 Å². The van der Waals surface area contributed by atoms with Crippen molar-refractivity contribution in [3.63, 3.8) is 0 Å². The Labute approximate surface area is 119 Å². The second-order valence-electron chi connectivity index (χ2n) is 4.94. The van der Waals surface area contributed by atoms with E-state index in [-0.39, 0.29) is 17.9 Å². The molecule has 0 aromatic heterocycles. The lowest BCUT2D eigenvalue weighted by Crippen LogP contribution is -2.36. The molecule has 1 aromatic carbocycles. The summed E-state index contributed by atoms with van der Waals surface area (Å²) in [5.74, 6) is -0.222. The molecule has 1 unspecified atom stereocenters. The Morgan fingerprint density at radius 2 is 2.15 bits per heavy atom. The van der Waals surface area contributed by atoms with Crippen molar-refractivity contribution < 1.29 is 9.59 Å². The number of anilines is 1. The largest absolute Gasteiger partial charge is 0.352 e. The van der Waals surface area contributed by atoms with Gasteiger partial charge in [0.25, 0.3) is 5.91 Å². The van der Waals surface area contributed by atoms with Gasteiger partial charge in [-0.1, -0.05) is 19.1 Å². The predicted molar refractivity (Wildman–Crippen MR) is 78.7 cm³/mol. The minimum Gasteiger partial charge on any atom is -0.352 e. The maximum atomic E-state index is 12.1. The molecule has 1 aromatic rings. The molecule has 5 nitrogen and oxygen atoms in total. The fraction of sp³-hybridized carbons (Fsp3) is 0.467. The van der Waals surface area contributed by atoms with Crippen LogP contribution < -0.4 is 16.0 Å². The summed E-state index contributed by atoms with van der Waals surface area (Å²) in [6, 6.07) is 6.94. The summed E-state index contributed by atoms with van der Waals surface area (Å²) in [7, 11) is 0. The number of amides is 2. The SMILES string of the molecule is CCCNC(=O)c1ccccc1NC(=O)C1CCCN1. The highest BCUT2D eigenvalue weighted by molar-refractivity contribution is 6.04. The van der Waals surface area contributed by atoms with E-state index in [1.54, 1.807) is 18.2 Å². The Hall–Kier alpha value is -1.88. The average molecular weight is 275 g/mol. The highest BCUT2D eigenvalue weighted by Gasteiger charge is 2.23. The van der Waals surface area contributed by atoms with Crippen LogP contribution in [0, 0.1) is 0 Å². The van der Waals surface area contributed by atoms with E-state index < -0.39 is 0 Å². The van der Waals surface area contributed by atoms with Crippen molar-refractivity contribution in [1.29, 1.82) is 0 Å². The van der Waals surface area contributed by atoms with Gasteiger partial charge in [-0.25, -0.2) is 0 Å². The second-order valence-corrected chi connectivity index (χ2v) is 4.94. The molecule has 20 heavy (non-hydrogen) atoms. The minimum absolute atomic E-state index is 0.0711. The summed E-state index contributed by atoms with van der Waals surface area (Å²) < 4.78 is 0. The standard InChI is InChI=1S/C15H21N3O2/c1-2-9-17-14(19)11-6-3-4-7-12(11)18-15(20)13-8-5-10-16-13/h3-4,6-7,13,16H,2,5,8-10H2,1H3,(H,17,19)(H,18,20). The molecule has 1 aliphatic rings. The van der Waals surface area contributed by atoms with E-state index in [0.717, 1.165) is 25.8 Å². The van der Waals surface area contributed by atoms with Crippen LogP contribution in [0.4, 0.5) is 5.69 Å². The molecule has 2 rings (SSSR count). The van der Waals surface area contributed by atoms with E-state index in [4.69, 9.17) is 0 Å². The van der Waals surface area contributed by atoms with Crippen molar-refractivity contribution in [2.24, 2.45) is 0 Å². The van der Waals surface area contributed by atoms with Crippen molar-refractivity contribution in [3.05, 3.63) is 29.8 Å². The van der Waals surface area contributed by atoms with Crippen LogP contribution in [0.15, 0.2) is 24.3 Å². The topological polar surface area (TPSA) is 70.2 Å². The Balaban J connectivity index is 2.07. The van der Waals surface area contributed by atoms with Crippen LogP contribution in [0.2, 0.25) is 0 Å². The number of carbonyl (C=O) groups excluding carboxylic acids is 2. The maximum Gasteiger partial charge on any atom is 0.253 e. The zero-order valence-electron chi connectivity index (χ0n) is 11.7. The van der Waals surface area contributed by atoms with Crippen LogP contribution in [0.3, 0.4) is 0 Å². The monoisotopic (exact) mass is 275 g/mol. The van der Waals surface area contributed by atoms with E-state index in [2.05, 4.69) is 16.0 Å². The number of nitrogens with one attached hydrogen (secondary N) is 3. The van der Waals surface area contributed by atoms with Crippen molar-refractivity contribution in [2.45, 2.75) is 32.2 Å². The number of carbonyl (C=O) groups is 2. The first-order valence-corrected chi connectivity index (χ1v) is 7.14. The summed E-state index contributed by atoms with van der Waals surface area (Å²) in [6.45, 7) is 3.50. The van der Waals surface area contributed by atoms with Crippen LogP contribution in [-0.2, 0) is 4.79 Å². The summed E-state index contributed by atoms with van der Waals surface area (Å²) in [6.07, 6.45) is 2.74.